The molecule has 0 aromatic heterocycles. The van der Waals surface area contributed by atoms with Crippen molar-refractivity contribution in [1.29, 1.82) is 0 Å². The van der Waals surface area contributed by atoms with Gasteiger partial charge in [0, 0.05) is 30.1 Å². The highest BCUT2D eigenvalue weighted by molar-refractivity contribution is 7.97. The molecule has 0 radical (unpaired) electrons. The number of thioether (sulfide) groups is 1. The number of nitrogens with one attached hydrogen (secondary N) is 1. The lowest BCUT2D eigenvalue weighted by atomic mass is 10.1. The number of carbonyl (C=O) groups excluding carboxylic acids is 1. The number of hydrogen-bond donors (Lipinski definition) is 1. The van der Waals surface area contributed by atoms with Crippen LogP contribution in [0.2, 0.25) is 0 Å². The Kier molecular flexibility index (Phi) is 7.25. The van der Waals surface area contributed by atoms with Crippen LogP contribution in [-0.2, 0) is 15.8 Å². The summed E-state index contributed by atoms with van der Waals surface area (Å²) in [5, 5.41) is 2.79. The minimum atomic E-state index is -3.49. The van der Waals surface area contributed by atoms with Crippen LogP contribution in [0.3, 0.4) is 0 Å². The van der Waals surface area contributed by atoms with Gasteiger partial charge in [-0.25, -0.2) is 8.42 Å². The zero-order chi connectivity index (χ0) is 19.2. The van der Waals surface area contributed by atoms with Crippen molar-refractivity contribution in [1.82, 2.24) is 4.31 Å². The van der Waals surface area contributed by atoms with Gasteiger partial charge in [-0.1, -0.05) is 26.0 Å². The van der Waals surface area contributed by atoms with E-state index in [1.54, 1.807) is 49.9 Å². The Morgan fingerprint density at radius 3 is 2.08 bits per heavy atom. The zero-order valence-electron chi connectivity index (χ0n) is 15.2. The Hall–Kier alpha value is -1.83. The highest BCUT2D eigenvalue weighted by Crippen LogP contribution is 2.19. The van der Waals surface area contributed by atoms with Crippen LogP contribution in [-0.4, -0.2) is 38.0 Å². The number of amides is 1. The lowest BCUT2D eigenvalue weighted by Crippen LogP contribution is -2.30. The number of carbonyl (C=O) groups is 1. The van der Waals surface area contributed by atoms with Crippen molar-refractivity contribution in [3.63, 3.8) is 0 Å². The Labute approximate surface area is 159 Å². The Bertz CT molecular complexity index is 828. The quantitative estimate of drug-likeness (QED) is 0.741. The van der Waals surface area contributed by atoms with Gasteiger partial charge in [0.25, 0.3) is 5.91 Å². The smallest absolute Gasteiger partial charge is 0.255 e. The molecule has 0 aliphatic rings. The Morgan fingerprint density at radius 1 is 1.00 bits per heavy atom. The van der Waals surface area contributed by atoms with Crippen molar-refractivity contribution in [2.45, 2.75) is 24.5 Å². The zero-order valence-corrected chi connectivity index (χ0v) is 16.9. The van der Waals surface area contributed by atoms with Crippen LogP contribution in [0.15, 0.2) is 53.4 Å². The maximum absolute atomic E-state index is 12.5. The molecule has 7 heteroatoms. The standard InChI is InChI=1S/C19H24N2O3S2/c1-4-21(5-2)26(23,24)18-12-10-17(11-13-18)20-19(22)16-8-6-15(7-9-16)14-25-3/h6-13H,4-5,14H2,1-3H3,(H,20,22). The van der Waals surface area contributed by atoms with Crippen LogP contribution >= 0.6 is 11.8 Å². The second-order valence-corrected chi connectivity index (χ2v) is 8.50. The second-order valence-electron chi connectivity index (χ2n) is 5.70. The molecule has 0 spiro atoms. The molecule has 0 unspecified atom stereocenters. The lowest BCUT2D eigenvalue weighted by Gasteiger charge is -2.18. The molecule has 140 valence electrons. The van der Waals surface area contributed by atoms with E-state index in [4.69, 9.17) is 0 Å². The third kappa shape index (κ3) is 4.87. The molecule has 0 fully saturated rings. The van der Waals surface area contributed by atoms with Gasteiger partial charge < -0.3 is 5.32 Å². The summed E-state index contributed by atoms with van der Waals surface area (Å²) >= 11 is 1.73. The first-order valence-electron chi connectivity index (χ1n) is 8.41. The maximum atomic E-state index is 12.5. The molecule has 26 heavy (non-hydrogen) atoms. The SMILES string of the molecule is CCN(CC)S(=O)(=O)c1ccc(NC(=O)c2ccc(CSC)cc2)cc1. The predicted octanol–water partition coefficient (Wildman–Crippen LogP) is 3.83. The van der Waals surface area contributed by atoms with Gasteiger partial charge in [-0.15, -0.1) is 0 Å². The third-order valence-corrected chi connectivity index (χ3v) is 6.67. The fourth-order valence-electron chi connectivity index (χ4n) is 2.55. The molecule has 5 nitrogen and oxygen atoms in total. The third-order valence-electron chi connectivity index (χ3n) is 3.98. The van der Waals surface area contributed by atoms with Crippen LogP contribution in [0.1, 0.15) is 29.8 Å². The molecule has 0 aliphatic heterocycles. The van der Waals surface area contributed by atoms with E-state index >= 15 is 0 Å². The van der Waals surface area contributed by atoms with Crippen molar-refractivity contribution >= 4 is 33.4 Å². The predicted molar refractivity (Wildman–Crippen MR) is 108 cm³/mol. The monoisotopic (exact) mass is 392 g/mol. The lowest BCUT2D eigenvalue weighted by molar-refractivity contribution is 0.102. The van der Waals surface area contributed by atoms with Gasteiger partial charge >= 0.3 is 0 Å². The number of nitrogens with zero attached hydrogens (tertiary/aromatic N) is 1. The molecule has 2 rings (SSSR count). The van der Waals surface area contributed by atoms with Crippen LogP contribution in [0.4, 0.5) is 5.69 Å². The van der Waals surface area contributed by atoms with E-state index in [0.717, 1.165) is 5.75 Å². The maximum Gasteiger partial charge on any atom is 0.255 e. The van der Waals surface area contributed by atoms with Gasteiger partial charge in [0.15, 0.2) is 0 Å². The van der Waals surface area contributed by atoms with Crippen molar-refractivity contribution < 1.29 is 13.2 Å². The fraction of sp³-hybridized carbons (Fsp3) is 0.316. The van der Waals surface area contributed by atoms with Crippen LogP contribution in [0, 0.1) is 0 Å². The first kappa shape index (κ1) is 20.5. The molecule has 0 bridgehead atoms. The number of hydrogen-bond acceptors (Lipinski definition) is 4. The molecular weight excluding hydrogens is 368 g/mol. The van der Waals surface area contributed by atoms with Crippen molar-refractivity contribution in [2.75, 3.05) is 24.7 Å². The van der Waals surface area contributed by atoms with E-state index in [0.29, 0.717) is 24.3 Å². The van der Waals surface area contributed by atoms with Crippen LogP contribution in [0.25, 0.3) is 0 Å². The minimum absolute atomic E-state index is 0.222. The summed E-state index contributed by atoms with van der Waals surface area (Å²) in [6, 6.07) is 13.7. The first-order valence-corrected chi connectivity index (χ1v) is 11.2. The van der Waals surface area contributed by atoms with Gasteiger partial charge in [0.05, 0.1) is 4.90 Å². The van der Waals surface area contributed by atoms with Gasteiger partial charge in [0.1, 0.15) is 0 Å². The van der Waals surface area contributed by atoms with Crippen molar-refractivity contribution in [3.8, 4) is 0 Å². The summed E-state index contributed by atoms with van der Waals surface area (Å²) in [6.07, 6.45) is 2.03. The average molecular weight is 393 g/mol. The molecule has 2 aromatic rings. The summed E-state index contributed by atoms with van der Waals surface area (Å²) < 4.78 is 26.3. The van der Waals surface area contributed by atoms with Crippen molar-refractivity contribution in [2.24, 2.45) is 0 Å². The van der Waals surface area contributed by atoms with Gasteiger partial charge in [-0.3, -0.25) is 4.79 Å². The fourth-order valence-corrected chi connectivity index (χ4v) is 4.53. The van der Waals surface area contributed by atoms with E-state index in [1.165, 1.54) is 22.0 Å². The summed E-state index contributed by atoms with van der Waals surface area (Å²) in [6.45, 7) is 4.45. The number of anilines is 1. The summed E-state index contributed by atoms with van der Waals surface area (Å²) in [7, 11) is -3.49. The Balaban J connectivity index is 2.10. The van der Waals surface area contributed by atoms with Crippen LogP contribution < -0.4 is 5.32 Å². The van der Waals surface area contributed by atoms with Crippen molar-refractivity contribution in [3.05, 3.63) is 59.7 Å². The van der Waals surface area contributed by atoms with E-state index < -0.39 is 10.0 Å². The topological polar surface area (TPSA) is 66.5 Å². The molecule has 0 heterocycles. The molecule has 1 N–H and O–H groups in total. The van der Waals surface area contributed by atoms with E-state index in [1.807, 2.05) is 18.4 Å². The number of benzene rings is 2. The molecule has 0 atom stereocenters. The normalized spacial score (nSPS) is 11.5. The van der Waals surface area contributed by atoms with Gasteiger partial charge in [0.2, 0.25) is 10.0 Å². The molecule has 0 saturated carbocycles. The van der Waals surface area contributed by atoms with Crippen LogP contribution in [0.5, 0.6) is 0 Å². The molecule has 1 amide bonds. The highest BCUT2D eigenvalue weighted by atomic mass is 32.2. The summed E-state index contributed by atoms with van der Waals surface area (Å²) in [5.41, 5.74) is 2.29. The average Bonchev–Trinajstić information content (AvgIpc) is 2.64. The number of rotatable bonds is 8. The summed E-state index contributed by atoms with van der Waals surface area (Å²) in [4.78, 5) is 12.5. The van der Waals surface area contributed by atoms with E-state index in [2.05, 4.69) is 5.32 Å². The summed E-state index contributed by atoms with van der Waals surface area (Å²) in [5.74, 6) is 0.685. The second kappa shape index (κ2) is 9.21. The molecule has 0 aliphatic carbocycles. The number of sulfonamides is 1. The van der Waals surface area contributed by atoms with E-state index in [-0.39, 0.29) is 10.8 Å². The minimum Gasteiger partial charge on any atom is -0.322 e. The molecule has 2 aromatic carbocycles. The highest BCUT2D eigenvalue weighted by Gasteiger charge is 2.21. The molecule has 0 saturated heterocycles. The van der Waals surface area contributed by atoms with Gasteiger partial charge in [-0.2, -0.15) is 16.1 Å². The van der Waals surface area contributed by atoms with E-state index in [9.17, 15) is 13.2 Å². The first-order chi connectivity index (χ1) is 12.4. The molecular formula is C19H24N2O3S2. The van der Waals surface area contributed by atoms with Gasteiger partial charge in [-0.05, 0) is 48.2 Å². The largest absolute Gasteiger partial charge is 0.322 e. The Morgan fingerprint density at radius 2 is 1.58 bits per heavy atom.